The van der Waals surface area contributed by atoms with Crippen molar-refractivity contribution in [2.24, 2.45) is 0 Å². The van der Waals surface area contributed by atoms with Crippen molar-refractivity contribution >= 4 is 22.6 Å². The maximum Gasteiger partial charge on any atom is 0.341 e. The quantitative estimate of drug-likeness (QED) is 0.581. The lowest BCUT2D eigenvalue weighted by Crippen LogP contribution is -2.46. The molecule has 3 heterocycles. The number of rotatable bonds is 7. The third-order valence-corrected chi connectivity index (χ3v) is 6.90. The Balaban J connectivity index is 1.23. The summed E-state index contributed by atoms with van der Waals surface area (Å²) in [6.07, 6.45) is 5.94. The highest BCUT2D eigenvalue weighted by Crippen LogP contribution is 2.33. The van der Waals surface area contributed by atoms with Crippen molar-refractivity contribution in [3.8, 4) is 0 Å². The second-order valence-electron chi connectivity index (χ2n) is 8.85. The maximum absolute atomic E-state index is 12.6. The Morgan fingerprint density at radius 1 is 0.938 bits per heavy atom. The van der Waals surface area contributed by atoms with Gasteiger partial charge in [-0.1, -0.05) is 30.3 Å². The molecule has 32 heavy (non-hydrogen) atoms. The van der Waals surface area contributed by atoms with E-state index in [-0.39, 0.29) is 11.0 Å². The molecule has 1 aromatic heterocycles. The number of anilines is 1. The van der Waals surface area contributed by atoms with Crippen molar-refractivity contribution in [1.29, 1.82) is 0 Å². The highest BCUT2D eigenvalue weighted by Gasteiger charge is 2.26. The number of aryl methyl sites for hydroxylation is 3. The van der Waals surface area contributed by atoms with E-state index >= 15 is 0 Å². The molecule has 2 aliphatic heterocycles. The van der Waals surface area contributed by atoms with Gasteiger partial charge >= 0.3 is 5.97 Å². The minimum atomic E-state index is -1.15. The van der Waals surface area contributed by atoms with Crippen LogP contribution in [0.5, 0.6) is 0 Å². The third-order valence-electron chi connectivity index (χ3n) is 6.90. The first-order valence-electron chi connectivity index (χ1n) is 11.6. The number of benzene rings is 2. The number of piperazine rings is 1. The van der Waals surface area contributed by atoms with E-state index in [2.05, 4.69) is 40.1 Å². The Kier molecular flexibility index (Phi) is 5.70. The van der Waals surface area contributed by atoms with Gasteiger partial charge in [0.2, 0.25) is 5.43 Å². The highest BCUT2D eigenvalue weighted by molar-refractivity contribution is 5.95. The van der Waals surface area contributed by atoms with Gasteiger partial charge in [0.1, 0.15) is 5.56 Å². The van der Waals surface area contributed by atoms with E-state index in [1.165, 1.54) is 35.9 Å². The molecule has 1 fully saturated rings. The molecular weight excluding hydrogens is 402 g/mol. The summed E-state index contributed by atoms with van der Waals surface area (Å²) in [6.45, 7) is 5.93. The van der Waals surface area contributed by atoms with E-state index in [1.807, 2.05) is 16.7 Å². The number of pyridine rings is 1. The minimum absolute atomic E-state index is 0.140. The number of hydrogen-bond donors (Lipinski definition) is 1. The largest absolute Gasteiger partial charge is 0.477 e. The van der Waals surface area contributed by atoms with Crippen molar-refractivity contribution < 1.29 is 9.90 Å². The van der Waals surface area contributed by atoms with Gasteiger partial charge in [0.05, 0.1) is 5.52 Å². The number of carboxylic acids is 1. The number of aromatic nitrogens is 1. The minimum Gasteiger partial charge on any atom is -0.477 e. The highest BCUT2D eigenvalue weighted by atomic mass is 16.4. The molecule has 1 N–H and O–H groups in total. The van der Waals surface area contributed by atoms with Crippen LogP contribution in [0, 0.1) is 0 Å². The predicted molar refractivity (Wildman–Crippen MR) is 127 cm³/mol. The van der Waals surface area contributed by atoms with Gasteiger partial charge in [-0.3, -0.25) is 9.69 Å². The summed E-state index contributed by atoms with van der Waals surface area (Å²) >= 11 is 0. The predicted octanol–water partition coefficient (Wildman–Crippen LogP) is 3.40. The Bertz CT molecular complexity index is 1190. The lowest BCUT2D eigenvalue weighted by molar-refractivity contribution is 0.0695. The summed E-state index contributed by atoms with van der Waals surface area (Å²) in [4.78, 5) is 29.1. The van der Waals surface area contributed by atoms with Crippen molar-refractivity contribution in [3.05, 3.63) is 75.6 Å². The normalized spacial score (nSPS) is 16.1. The third kappa shape index (κ3) is 3.91. The molecule has 0 atom stereocenters. The summed E-state index contributed by atoms with van der Waals surface area (Å²) in [5, 5.41) is 9.88. The van der Waals surface area contributed by atoms with Crippen LogP contribution in [-0.2, 0) is 19.4 Å². The smallest absolute Gasteiger partial charge is 0.341 e. The van der Waals surface area contributed by atoms with Crippen molar-refractivity contribution in [1.82, 2.24) is 9.47 Å². The van der Waals surface area contributed by atoms with Gasteiger partial charge in [-0.05, 0) is 49.9 Å². The zero-order chi connectivity index (χ0) is 22.1. The van der Waals surface area contributed by atoms with E-state index in [4.69, 9.17) is 0 Å². The fraction of sp³-hybridized carbons (Fsp3) is 0.385. The molecule has 0 amide bonds. The first-order chi connectivity index (χ1) is 15.6. The van der Waals surface area contributed by atoms with Gasteiger partial charge < -0.3 is 14.6 Å². The lowest BCUT2D eigenvalue weighted by Gasteiger charge is -2.37. The zero-order valence-electron chi connectivity index (χ0n) is 18.3. The van der Waals surface area contributed by atoms with Crippen molar-refractivity contribution in [2.45, 2.75) is 32.2 Å². The van der Waals surface area contributed by atoms with Crippen LogP contribution in [0.25, 0.3) is 10.9 Å². The molecule has 1 saturated heterocycles. The second kappa shape index (κ2) is 8.79. The number of unbranched alkanes of at least 4 members (excludes halogenated alkanes) is 1. The Labute approximate surface area is 187 Å². The Hall–Kier alpha value is -3.12. The summed E-state index contributed by atoms with van der Waals surface area (Å²) in [7, 11) is 0. The fourth-order valence-electron chi connectivity index (χ4n) is 5.19. The van der Waals surface area contributed by atoms with Crippen LogP contribution in [0.2, 0.25) is 0 Å². The molecule has 0 spiro atoms. The molecule has 0 aliphatic carbocycles. The molecule has 5 rings (SSSR count). The summed E-state index contributed by atoms with van der Waals surface area (Å²) in [5.74, 6) is -1.15. The van der Waals surface area contributed by atoms with E-state index in [1.54, 1.807) is 0 Å². The number of hydrogen-bond acceptors (Lipinski definition) is 4. The molecule has 2 aliphatic rings. The molecule has 3 aromatic rings. The van der Waals surface area contributed by atoms with Crippen molar-refractivity contribution in [2.75, 3.05) is 37.6 Å². The average Bonchev–Trinajstić information content (AvgIpc) is 3.24. The molecule has 0 saturated carbocycles. The standard InChI is InChI=1S/C26H29N3O3/c30-25-21-9-10-23(20-11-13-29(24(20)21)18-22(25)26(31)32)28-16-14-27(15-17-28)12-5-4-8-19-6-2-1-3-7-19/h1-3,6-7,9-10,18H,4-5,8,11-17H2,(H,31,32). The molecule has 6 nitrogen and oxygen atoms in total. The summed E-state index contributed by atoms with van der Waals surface area (Å²) in [6, 6.07) is 14.5. The number of carbonyl (C=O) groups is 1. The Morgan fingerprint density at radius 3 is 2.47 bits per heavy atom. The van der Waals surface area contributed by atoms with Crippen LogP contribution in [0.4, 0.5) is 5.69 Å². The molecular formula is C26H29N3O3. The first-order valence-corrected chi connectivity index (χ1v) is 11.6. The van der Waals surface area contributed by atoms with E-state index in [0.717, 1.165) is 57.6 Å². The van der Waals surface area contributed by atoms with Crippen LogP contribution in [0.15, 0.2) is 53.5 Å². The first kappa shape index (κ1) is 20.8. The van der Waals surface area contributed by atoms with E-state index in [0.29, 0.717) is 5.39 Å². The van der Waals surface area contributed by atoms with Crippen LogP contribution < -0.4 is 10.3 Å². The number of nitrogens with zero attached hydrogens (tertiary/aromatic N) is 3. The molecule has 0 bridgehead atoms. The van der Waals surface area contributed by atoms with E-state index in [9.17, 15) is 14.7 Å². The molecule has 0 unspecified atom stereocenters. The zero-order valence-corrected chi connectivity index (χ0v) is 18.3. The molecule has 6 heteroatoms. The van der Waals surface area contributed by atoms with Gasteiger partial charge in [-0.25, -0.2) is 4.79 Å². The van der Waals surface area contributed by atoms with Crippen LogP contribution >= 0.6 is 0 Å². The van der Waals surface area contributed by atoms with Crippen LogP contribution in [-0.4, -0.2) is 53.3 Å². The van der Waals surface area contributed by atoms with Gasteiger partial charge in [0, 0.05) is 55.6 Å². The van der Waals surface area contributed by atoms with Gasteiger partial charge in [-0.2, -0.15) is 0 Å². The van der Waals surface area contributed by atoms with Crippen LogP contribution in [0.3, 0.4) is 0 Å². The maximum atomic E-state index is 12.6. The van der Waals surface area contributed by atoms with Crippen molar-refractivity contribution in [3.63, 3.8) is 0 Å². The monoisotopic (exact) mass is 431 g/mol. The second-order valence-corrected chi connectivity index (χ2v) is 8.85. The fourth-order valence-corrected chi connectivity index (χ4v) is 5.19. The van der Waals surface area contributed by atoms with Gasteiger partial charge in [0.15, 0.2) is 0 Å². The molecule has 166 valence electrons. The number of carboxylic acid groups (broad SMARTS) is 1. The molecule has 0 radical (unpaired) electrons. The Morgan fingerprint density at radius 2 is 1.72 bits per heavy atom. The molecule has 2 aromatic carbocycles. The van der Waals surface area contributed by atoms with Crippen LogP contribution in [0.1, 0.15) is 34.3 Å². The summed E-state index contributed by atoms with van der Waals surface area (Å²) in [5.41, 5.74) is 4.21. The van der Waals surface area contributed by atoms with Gasteiger partial charge in [0.25, 0.3) is 0 Å². The lowest BCUT2D eigenvalue weighted by atomic mass is 10.0. The van der Waals surface area contributed by atoms with Gasteiger partial charge in [-0.15, -0.1) is 0 Å². The van der Waals surface area contributed by atoms with E-state index < -0.39 is 5.97 Å². The average molecular weight is 432 g/mol. The SMILES string of the molecule is O=C(O)c1cn2c3c(c(N4CCN(CCCCc5ccccc5)CC4)ccc3c1=O)CC2. The number of aromatic carboxylic acids is 1. The summed E-state index contributed by atoms with van der Waals surface area (Å²) < 4.78 is 1.95. The topological polar surface area (TPSA) is 65.8 Å².